The summed E-state index contributed by atoms with van der Waals surface area (Å²) in [5.74, 6) is 1.05. The van der Waals surface area contributed by atoms with Gasteiger partial charge in [-0.3, -0.25) is 0 Å². The van der Waals surface area contributed by atoms with Crippen molar-refractivity contribution in [3.05, 3.63) is 29.3 Å². The van der Waals surface area contributed by atoms with Crippen LogP contribution in [-0.2, 0) is 12.8 Å². The Morgan fingerprint density at radius 3 is 3.18 bits per heavy atom. The van der Waals surface area contributed by atoms with E-state index in [1.54, 1.807) is 6.92 Å². The molecule has 0 fully saturated rings. The van der Waals surface area contributed by atoms with Crippen molar-refractivity contribution in [2.45, 2.75) is 32.3 Å². The number of rotatable bonds is 5. The first kappa shape index (κ1) is 12.4. The number of aliphatic hydroxyl groups excluding tert-OH is 1. The molecule has 17 heavy (non-hydrogen) atoms. The highest BCUT2D eigenvalue weighted by atomic mass is 16.5. The first-order valence-electron chi connectivity index (χ1n) is 6.39. The maximum Gasteiger partial charge on any atom is 0.122 e. The lowest BCUT2D eigenvalue weighted by atomic mass is 10.0. The fraction of sp³-hybridized carbons (Fsp3) is 0.571. The van der Waals surface area contributed by atoms with Crippen LogP contribution in [0.4, 0.5) is 0 Å². The maximum atomic E-state index is 9.13. The van der Waals surface area contributed by atoms with Crippen molar-refractivity contribution in [1.82, 2.24) is 5.32 Å². The van der Waals surface area contributed by atoms with Gasteiger partial charge in [-0.1, -0.05) is 12.1 Å². The first-order chi connectivity index (χ1) is 8.25. The van der Waals surface area contributed by atoms with Gasteiger partial charge in [-0.15, -0.1) is 0 Å². The second kappa shape index (κ2) is 6.03. The van der Waals surface area contributed by atoms with Crippen molar-refractivity contribution >= 4 is 0 Å². The van der Waals surface area contributed by atoms with Gasteiger partial charge in [0.15, 0.2) is 0 Å². The Kier molecular flexibility index (Phi) is 4.40. The summed E-state index contributed by atoms with van der Waals surface area (Å²) in [5.41, 5.74) is 2.68. The maximum absolute atomic E-state index is 9.13. The molecule has 0 saturated carbocycles. The van der Waals surface area contributed by atoms with E-state index in [0.29, 0.717) is 6.54 Å². The molecule has 1 aromatic carbocycles. The lowest BCUT2D eigenvalue weighted by molar-refractivity contribution is 0.191. The van der Waals surface area contributed by atoms with Gasteiger partial charge >= 0.3 is 0 Å². The fourth-order valence-electron chi connectivity index (χ4n) is 2.11. The van der Waals surface area contributed by atoms with E-state index in [-0.39, 0.29) is 6.10 Å². The second-order valence-corrected chi connectivity index (χ2v) is 4.70. The van der Waals surface area contributed by atoms with Crippen LogP contribution in [0.3, 0.4) is 0 Å². The average Bonchev–Trinajstić information content (AvgIpc) is 2.34. The molecule has 0 radical (unpaired) electrons. The van der Waals surface area contributed by atoms with E-state index in [2.05, 4.69) is 23.5 Å². The summed E-state index contributed by atoms with van der Waals surface area (Å²) < 4.78 is 5.59. The molecule has 3 nitrogen and oxygen atoms in total. The van der Waals surface area contributed by atoms with Crippen molar-refractivity contribution in [3.63, 3.8) is 0 Å². The molecule has 2 rings (SSSR count). The zero-order valence-corrected chi connectivity index (χ0v) is 10.4. The largest absolute Gasteiger partial charge is 0.493 e. The third-order valence-corrected chi connectivity index (χ3v) is 3.00. The molecule has 1 aliphatic rings. The van der Waals surface area contributed by atoms with Gasteiger partial charge in [0, 0.05) is 6.54 Å². The molecule has 0 bridgehead atoms. The molecule has 1 unspecified atom stereocenters. The summed E-state index contributed by atoms with van der Waals surface area (Å²) in [6.45, 7) is 4.21. The van der Waals surface area contributed by atoms with Crippen LogP contribution in [-0.4, -0.2) is 30.9 Å². The summed E-state index contributed by atoms with van der Waals surface area (Å²) in [6, 6.07) is 6.46. The minimum Gasteiger partial charge on any atom is -0.493 e. The molecular weight excluding hydrogens is 214 g/mol. The van der Waals surface area contributed by atoms with Crippen LogP contribution >= 0.6 is 0 Å². The third-order valence-electron chi connectivity index (χ3n) is 3.00. The molecule has 94 valence electrons. The average molecular weight is 235 g/mol. The van der Waals surface area contributed by atoms with E-state index in [0.717, 1.165) is 38.2 Å². The molecule has 0 spiro atoms. The number of ether oxygens (including phenoxy) is 1. The number of hydrogen-bond acceptors (Lipinski definition) is 3. The highest BCUT2D eigenvalue weighted by Gasteiger charge is 2.10. The number of aryl methyl sites for hydroxylation is 1. The number of aliphatic hydroxyl groups is 1. The van der Waals surface area contributed by atoms with Crippen LogP contribution in [0.15, 0.2) is 18.2 Å². The lowest BCUT2D eigenvalue weighted by Gasteiger charge is -2.18. The molecule has 1 atom stereocenters. The van der Waals surface area contributed by atoms with Crippen molar-refractivity contribution in [2.24, 2.45) is 0 Å². The highest BCUT2D eigenvalue weighted by molar-refractivity contribution is 5.38. The SMILES string of the molecule is CC(O)CNCCc1ccc2c(c1)CCCO2. The van der Waals surface area contributed by atoms with Gasteiger partial charge in [-0.05, 0) is 49.9 Å². The zero-order valence-electron chi connectivity index (χ0n) is 10.4. The monoisotopic (exact) mass is 235 g/mol. The number of benzene rings is 1. The summed E-state index contributed by atoms with van der Waals surface area (Å²) in [6.07, 6.45) is 2.98. The molecule has 0 amide bonds. The van der Waals surface area contributed by atoms with Crippen LogP contribution in [0.1, 0.15) is 24.5 Å². The van der Waals surface area contributed by atoms with E-state index in [1.165, 1.54) is 11.1 Å². The third kappa shape index (κ3) is 3.72. The Hall–Kier alpha value is -1.06. The predicted octanol–water partition coefficient (Wildman–Crippen LogP) is 1.52. The predicted molar refractivity (Wildman–Crippen MR) is 68.5 cm³/mol. The van der Waals surface area contributed by atoms with E-state index in [9.17, 15) is 0 Å². The lowest BCUT2D eigenvalue weighted by Crippen LogP contribution is -2.26. The van der Waals surface area contributed by atoms with Gasteiger partial charge in [0.2, 0.25) is 0 Å². The summed E-state index contributed by atoms with van der Waals surface area (Å²) in [5, 5.41) is 12.4. The van der Waals surface area contributed by atoms with Gasteiger partial charge in [0.1, 0.15) is 5.75 Å². The van der Waals surface area contributed by atoms with Crippen molar-refractivity contribution < 1.29 is 9.84 Å². The quantitative estimate of drug-likeness (QED) is 0.760. The Balaban J connectivity index is 1.85. The Morgan fingerprint density at radius 1 is 1.47 bits per heavy atom. The van der Waals surface area contributed by atoms with Gasteiger partial charge in [-0.2, -0.15) is 0 Å². The Bertz CT molecular complexity index is 363. The summed E-state index contributed by atoms with van der Waals surface area (Å²) in [4.78, 5) is 0. The van der Waals surface area contributed by atoms with Crippen LogP contribution in [0.2, 0.25) is 0 Å². The molecule has 1 aliphatic heterocycles. The topological polar surface area (TPSA) is 41.5 Å². The first-order valence-corrected chi connectivity index (χ1v) is 6.39. The minimum absolute atomic E-state index is 0.271. The molecule has 2 N–H and O–H groups in total. The molecule has 0 saturated heterocycles. The Morgan fingerprint density at radius 2 is 2.35 bits per heavy atom. The summed E-state index contributed by atoms with van der Waals surface area (Å²) >= 11 is 0. The zero-order chi connectivity index (χ0) is 12.1. The van der Waals surface area contributed by atoms with E-state index in [4.69, 9.17) is 9.84 Å². The smallest absolute Gasteiger partial charge is 0.122 e. The number of hydrogen-bond donors (Lipinski definition) is 2. The fourth-order valence-corrected chi connectivity index (χ4v) is 2.11. The molecule has 1 aromatic rings. The summed E-state index contributed by atoms with van der Waals surface area (Å²) in [7, 11) is 0. The molecule has 0 aliphatic carbocycles. The Labute approximate surface area is 103 Å². The second-order valence-electron chi connectivity index (χ2n) is 4.70. The molecule has 3 heteroatoms. The van der Waals surface area contributed by atoms with Crippen LogP contribution < -0.4 is 10.1 Å². The van der Waals surface area contributed by atoms with Crippen LogP contribution in [0.25, 0.3) is 0 Å². The van der Waals surface area contributed by atoms with Crippen LogP contribution in [0.5, 0.6) is 5.75 Å². The van der Waals surface area contributed by atoms with Crippen molar-refractivity contribution in [1.29, 1.82) is 0 Å². The van der Waals surface area contributed by atoms with Crippen LogP contribution in [0, 0.1) is 0 Å². The van der Waals surface area contributed by atoms with Gasteiger partial charge < -0.3 is 15.2 Å². The molecule has 0 aromatic heterocycles. The number of nitrogens with one attached hydrogen (secondary N) is 1. The standard InChI is InChI=1S/C14H21NO2/c1-11(16)10-15-7-6-12-4-5-14-13(9-12)3-2-8-17-14/h4-5,9,11,15-16H,2-3,6-8,10H2,1H3. The van der Waals surface area contributed by atoms with Gasteiger partial charge in [0.05, 0.1) is 12.7 Å². The van der Waals surface area contributed by atoms with Gasteiger partial charge in [0.25, 0.3) is 0 Å². The molecule has 1 heterocycles. The highest BCUT2D eigenvalue weighted by Crippen LogP contribution is 2.25. The normalized spacial score (nSPS) is 16.1. The van der Waals surface area contributed by atoms with E-state index in [1.807, 2.05) is 0 Å². The van der Waals surface area contributed by atoms with Crippen molar-refractivity contribution in [2.75, 3.05) is 19.7 Å². The van der Waals surface area contributed by atoms with E-state index >= 15 is 0 Å². The minimum atomic E-state index is -0.271. The van der Waals surface area contributed by atoms with Crippen molar-refractivity contribution in [3.8, 4) is 5.75 Å². The molecular formula is C14H21NO2. The van der Waals surface area contributed by atoms with E-state index < -0.39 is 0 Å². The van der Waals surface area contributed by atoms with Gasteiger partial charge in [-0.25, -0.2) is 0 Å². The number of fused-ring (bicyclic) bond motifs is 1.